The van der Waals surface area contributed by atoms with Crippen LogP contribution in [0.25, 0.3) is 0 Å². The molecule has 1 aliphatic carbocycles. The lowest BCUT2D eigenvalue weighted by Crippen LogP contribution is -2.26. The smallest absolute Gasteiger partial charge is 0.356 e. The van der Waals surface area contributed by atoms with E-state index in [9.17, 15) is 9.90 Å². The lowest BCUT2D eigenvalue weighted by atomic mass is 9.74. The highest BCUT2D eigenvalue weighted by Crippen LogP contribution is 2.38. The number of nitrogens with zero attached hydrogens (tertiary/aromatic N) is 2. The molecule has 1 heterocycles. The predicted molar refractivity (Wildman–Crippen MR) is 89.3 cm³/mol. The SMILES string of the molecule is CC1(C)CCCc2c1c(C(=O)O)nn2COCC[Si](C)(C)C. The van der Waals surface area contributed by atoms with Crippen LogP contribution in [0.15, 0.2) is 0 Å². The summed E-state index contributed by atoms with van der Waals surface area (Å²) in [5, 5.41) is 13.8. The van der Waals surface area contributed by atoms with Crippen molar-refractivity contribution in [2.24, 2.45) is 0 Å². The summed E-state index contributed by atoms with van der Waals surface area (Å²) in [6.07, 6.45) is 2.96. The van der Waals surface area contributed by atoms with Crippen molar-refractivity contribution in [2.45, 2.75) is 70.9 Å². The van der Waals surface area contributed by atoms with E-state index in [1.165, 1.54) is 0 Å². The van der Waals surface area contributed by atoms with Gasteiger partial charge >= 0.3 is 5.97 Å². The number of ether oxygens (including phenoxy) is 1. The maximum absolute atomic E-state index is 11.5. The zero-order chi connectivity index (χ0) is 16.5. The van der Waals surface area contributed by atoms with E-state index < -0.39 is 14.0 Å². The van der Waals surface area contributed by atoms with Gasteiger partial charge in [-0.2, -0.15) is 5.10 Å². The summed E-state index contributed by atoms with van der Waals surface area (Å²) in [4.78, 5) is 11.5. The summed E-state index contributed by atoms with van der Waals surface area (Å²) in [6, 6.07) is 1.10. The second-order valence-corrected chi connectivity index (χ2v) is 13.7. The Kier molecular flexibility index (Phi) is 4.82. The first-order chi connectivity index (χ1) is 10.1. The summed E-state index contributed by atoms with van der Waals surface area (Å²) in [7, 11) is -1.11. The quantitative estimate of drug-likeness (QED) is 0.642. The Hall–Kier alpha value is -1.14. The second-order valence-electron chi connectivity index (χ2n) is 8.06. The Labute approximate surface area is 133 Å². The highest BCUT2D eigenvalue weighted by molar-refractivity contribution is 6.76. The van der Waals surface area contributed by atoms with Crippen molar-refractivity contribution in [1.82, 2.24) is 9.78 Å². The molecule has 1 aromatic heterocycles. The number of carbonyl (C=O) groups is 1. The Morgan fingerprint density at radius 2 is 2.09 bits per heavy atom. The fourth-order valence-electron chi connectivity index (χ4n) is 3.07. The summed E-state index contributed by atoms with van der Waals surface area (Å²) < 4.78 is 7.53. The molecule has 1 N–H and O–H groups in total. The molecule has 2 rings (SSSR count). The topological polar surface area (TPSA) is 64.3 Å². The first kappa shape index (κ1) is 17.2. The molecule has 6 heteroatoms. The van der Waals surface area contributed by atoms with Crippen LogP contribution < -0.4 is 0 Å². The Balaban J connectivity index is 2.18. The van der Waals surface area contributed by atoms with Gasteiger partial charge in [-0.1, -0.05) is 33.5 Å². The van der Waals surface area contributed by atoms with Gasteiger partial charge in [0.2, 0.25) is 0 Å². The minimum Gasteiger partial charge on any atom is -0.476 e. The first-order valence-corrected chi connectivity index (χ1v) is 11.7. The Morgan fingerprint density at radius 1 is 1.41 bits per heavy atom. The molecule has 1 aromatic rings. The molecule has 22 heavy (non-hydrogen) atoms. The highest BCUT2D eigenvalue weighted by Gasteiger charge is 2.36. The molecule has 1 aliphatic rings. The van der Waals surface area contributed by atoms with Crippen molar-refractivity contribution < 1.29 is 14.6 Å². The number of rotatable bonds is 6. The zero-order valence-electron chi connectivity index (χ0n) is 14.4. The summed E-state index contributed by atoms with van der Waals surface area (Å²) in [6.45, 7) is 12.2. The number of hydrogen-bond donors (Lipinski definition) is 1. The van der Waals surface area contributed by atoms with Gasteiger partial charge in [0.1, 0.15) is 6.73 Å². The molecule has 0 aliphatic heterocycles. The molecule has 0 spiro atoms. The van der Waals surface area contributed by atoms with Gasteiger partial charge in [0.25, 0.3) is 0 Å². The van der Waals surface area contributed by atoms with Crippen LogP contribution in [-0.2, 0) is 23.3 Å². The van der Waals surface area contributed by atoms with Gasteiger partial charge in [-0.05, 0) is 30.7 Å². The van der Waals surface area contributed by atoms with Crippen molar-refractivity contribution >= 4 is 14.0 Å². The maximum atomic E-state index is 11.5. The molecule has 0 atom stereocenters. The third-order valence-electron chi connectivity index (χ3n) is 4.36. The molecular weight excluding hydrogens is 296 g/mol. The van der Waals surface area contributed by atoms with Gasteiger partial charge in [0.15, 0.2) is 5.69 Å². The van der Waals surface area contributed by atoms with Gasteiger partial charge in [-0.15, -0.1) is 0 Å². The average molecular weight is 324 g/mol. The van der Waals surface area contributed by atoms with E-state index in [2.05, 4.69) is 38.6 Å². The molecule has 124 valence electrons. The van der Waals surface area contributed by atoms with Gasteiger partial charge in [0, 0.05) is 25.9 Å². The largest absolute Gasteiger partial charge is 0.476 e. The molecule has 0 fully saturated rings. The van der Waals surface area contributed by atoms with Gasteiger partial charge in [-0.25, -0.2) is 9.48 Å². The van der Waals surface area contributed by atoms with E-state index in [0.29, 0.717) is 6.73 Å². The summed E-state index contributed by atoms with van der Waals surface area (Å²) in [5.74, 6) is -0.938. The van der Waals surface area contributed by atoms with Crippen LogP contribution in [0.5, 0.6) is 0 Å². The normalized spacial score (nSPS) is 17.3. The van der Waals surface area contributed by atoms with Crippen LogP contribution in [0.2, 0.25) is 25.7 Å². The maximum Gasteiger partial charge on any atom is 0.356 e. The lowest BCUT2D eigenvalue weighted by molar-refractivity contribution is 0.0668. The molecule has 0 unspecified atom stereocenters. The lowest BCUT2D eigenvalue weighted by Gasteiger charge is -2.30. The van der Waals surface area contributed by atoms with E-state index in [-0.39, 0.29) is 11.1 Å². The minimum atomic E-state index is -1.11. The van der Waals surface area contributed by atoms with E-state index in [4.69, 9.17) is 4.74 Å². The van der Waals surface area contributed by atoms with Crippen LogP contribution in [0.1, 0.15) is 48.4 Å². The van der Waals surface area contributed by atoms with Crippen molar-refractivity contribution in [3.05, 3.63) is 17.0 Å². The number of carboxylic acids is 1. The van der Waals surface area contributed by atoms with Crippen LogP contribution >= 0.6 is 0 Å². The molecule has 0 bridgehead atoms. The fraction of sp³-hybridized carbons (Fsp3) is 0.750. The van der Waals surface area contributed by atoms with Gasteiger partial charge in [0.05, 0.1) is 0 Å². The molecular formula is C16H28N2O3Si. The summed E-state index contributed by atoms with van der Waals surface area (Å²) >= 11 is 0. The monoisotopic (exact) mass is 324 g/mol. The number of aromatic nitrogens is 2. The van der Waals surface area contributed by atoms with E-state index in [0.717, 1.165) is 43.2 Å². The standard InChI is InChI=1S/C16H28N2O3Si/c1-16(2)8-6-7-12-13(16)14(15(19)20)17-18(12)11-21-9-10-22(3,4)5/h6-11H2,1-5H3,(H,19,20). The molecule has 5 nitrogen and oxygen atoms in total. The number of carboxylic acid groups (broad SMARTS) is 1. The molecule has 0 amide bonds. The van der Waals surface area contributed by atoms with E-state index in [1.54, 1.807) is 4.68 Å². The number of aromatic carboxylic acids is 1. The molecule has 0 radical (unpaired) electrons. The third kappa shape index (κ3) is 3.79. The summed E-state index contributed by atoms with van der Waals surface area (Å²) in [5.41, 5.74) is 2.02. The molecule has 0 saturated heterocycles. The first-order valence-electron chi connectivity index (χ1n) is 8.03. The van der Waals surface area contributed by atoms with Crippen LogP contribution in [0.4, 0.5) is 0 Å². The molecule has 0 saturated carbocycles. The molecule has 0 aromatic carbocycles. The van der Waals surface area contributed by atoms with Crippen LogP contribution in [0, 0.1) is 0 Å². The van der Waals surface area contributed by atoms with E-state index >= 15 is 0 Å². The minimum absolute atomic E-state index is 0.127. The Morgan fingerprint density at radius 3 is 2.68 bits per heavy atom. The number of fused-ring (bicyclic) bond motifs is 1. The number of hydrogen-bond acceptors (Lipinski definition) is 3. The average Bonchev–Trinajstić information content (AvgIpc) is 2.74. The van der Waals surface area contributed by atoms with Crippen molar-refractivity contribution in [3.8, 4) is 0 Å². The van der Waals surface area contributed by atoms with Crippen LogP contribution in [0.3, 0.4) is 0 Å². The second kappa shape index (κ2) is 6.16. The Bertz CT molecular complexity index is 558. The highest BCUT2D eigenvalue weighted by atomic mass is 28.3. The fourth-order valence-corrected chi connectivity index (χ4v) is 3.83. The van der Waals surface area contributed by atoms with Gasteiger partial charge in [-0.3, -0.25) is 0 Å². The van der Waals surface area contributed by atoms with E-state index in [1.807, 2.05) is 0 Å². The van der Waals surface area contributed by atoms with Crippen molar-refractivity contribution in [3.63, 3.8) is 0 Å². The van der Waals surface area contributed by atoms with Crippen molar-refractivity contribution in [1.29, 1.82) is 0 Å². The van der Waals surface area contributed by atoms with Crippen LogP contribution in [-0.4, -0.2) is 35.5 Å². The third-order valence-corrected chi connectivity index (χ3v) is 6.07. The predicted octanol–water partition coefficient (Wildman–Crippen LogP) is 3.51. The van der Waals surface area contributed by atoms with Gasteiger partial charge < -0.3 is 9.84 Å². The van der Waals surface area contributed by atoms with Crippen molar-refractivity contribution in [2.75, 3.05) is 6.61 Å². The zero-order valence-corrected chi connectivity index (χ0v) is 15.4.